The van der Waals surface area contributed by atoms with Crippen LogP contribution >= 0.6 is 0 Å². The molecule has 116 valence electrons. The lowest BCUT2D eigenvalue weighted by molar-refractivity contribution is 0.200. The standard InChI is InChI=1S/C16H27N5/c1-20-9-2-4-14(13-20)12-19-15-5-10-21(11-6-15)16-17-7-3-8-18-16/h3,7-8,14-15,19H,2,4-6,9-13H2,1H3. The van der Waals surface area contributed by atoms with Crippen molar-refractivity contribution in [3.8, 4) is 0 Å². The Morgan fingerprint density at radius 3 is 2.62 bits per heavy atom. The molecule has 3 rings (SSSR count). The Balaban J connectivity index is 1.40. The van der Waals surface area contributed by atoms with E-state index in [9.17, 15) is 0 Å². The van der Waals surface area contributed by atoms with Gasteiger partial charge in [0, 0.05) is 38.1 Å². The van der Waals surface area contributed by atoms with E-state index in [-0.39, 0.29) is 0 Å². The summed E-state index contributed by atoms with van der Waals surface area (Å²) in [5, 5.41) is 3.79. The molecule has 0 radical (unpaired) electrons. The molecular formula is C16H27N5. The first-order chi connectivity index (χ1) is 10.3. The zero-order chi connectivity index (χ0) is 14.5. The van der Waals surface area contributed by atoms with Gasteiger partial charge in [0.1, 0.15) is 0 Å². The van der Waals surface area contributed by atoms with Crippen LogP contribution in [0.15, 0.2) is 18.5 Å². The average molecular weight is 289 g/mol. The van der Waals surface area contributed by atoms with E-state index in [2.05, 4.69) is 32.1 Å². The molecule has 1 unspecified atom stereocenters. The second-order valence-electron chi connectivity index (χ2n) is 6.49. The van der Waals surface area contributed by atoms with Gasteiger partial charge in [-0.2, -0.15) is 0 Å². The molecule has 1 N–H and O–H groups in total. The van der Waals surface area contributed by atoms with Crippen LogP contribution in [0.25, 0.3) is 0 Å². The Kier molecular flexibility index (Phi) is 5.04. The zero-order valence-electron chi connectivity index (χ0n) is 13.0. The largest absolute Gasteiger partial charge is 0.341 e. The Bertz CT molecular complexity index is 416. The molecule has 2 saturated heterocycles. The highest BCUT2D eigenvalue weighted by Gasteiger charge is 2.22. The summed E-state index contributed by atoms with van der Waals surface area (Å²) in [4.78, 5) is 13.4. The van der Waals surface area contributed by atoms with Crippen LogP contribution in [0.5, 0.6) is 0 Å². The SMILES string of the molecule is CN1CCCC(CNC2CCN(c3ncccn3)CC2)C1. The summed E-state index contributed by atoms with van der Waals surface area (Å²) < 4.78 is 0. The molecule has 0 aromatic carbocycles. The van der Waals surface area contributed by atoms with Crippen molar-refractivity contribution in [1.82, 2.24) is 20.2 Å². The first-order valence-corrected chi connectivity index (χ1v) is 8.25. The van der Waals surface area contributed by atoms with E-state index in [1.54, 1.807) is 0 Å². The molecule has 21 heavy (non-hydrogen) atoms. The molecule has 1 aromatic rings. The van der Waals surface area contributed by atoms with Crippen LogP contribution in [-0.2, 0) is 0 Å². The fraction of sp³-hybridized carbons (Fsp3) is 0.750. The van der Waals surface area contributed by atoms with E-state index < -0.39 is 0 Å². The summed E-state index contributed by atoms with van der Waals surface area (Å²) in [7, 11) is 2.24. The van der Waals surface area contributed by atoms with Crippen molar-refractivity contribution >= 4 is 5.95 Å². The van der Waals surface area contributed by atoms with E-state index in [1.165, 1.54) is 45.3 Å². The Labute approximate surface area is 127 Å². The molecule has 1 aromatic heterocycles. The van der Waals surface area contributed by atoms with E-state index >= 15 is 0 Å². The second-order valence-corrected chi connectivity index (χ2v) is 6.49. The van der Waals surface area contributed by atoms with E-state index in [1.807, 2.05) is 18.5 Å². The number of hydrogen-bond donors (Lipinski definition) is 1. The van der Waals surface area contributed by atoms with Crippen molar-refractivity contribution < 1.29 is 0 Å². The molecule has 0 aliphatic carbocycles. The first-order valence-electron chi connectivity index (χ1n) is 8.25. The fourth-order valence-electron chi connectivity index (χ4n) is 3.51. The third kappa shape index (κ3) is 4.14. The van der Waals surface area contributed by atoms with E-state index in [0.29, 0.717) is 6.04 Å². The van der Waals surface area contributed by atoms with Crippen LogP contribution in [0.4, 0.5) is 5.95 Å². The van der Waals surface area contributed by atoms with Crippen molar-refractivity contribution in [1.29, 1.82) is 0 Å². The third-order valence-corrected chi connectivity index (χ3v) is 4.75. The molecule has 2 aliphatic heterocycles. The van der Waals surface area contributed by atoms with Gasteiger partial charge in [0.2, 0.25) is 5.95 Å². The Morgan fingerprint density at radius 2 is 1.90 bits per heavy atom. The number of hydrogen-bond acceptors (Lipinski definition) is 5. The lowest BCUT2D eigenvalue weighted by Crippen LogP contribution is -2.46. The Morgan fingerprint density at radius 1 is 1.14 bits per heavy atom. The molecule has 2 aliphatic rings. The van der Waals surface area contributed by atoms with Crippen molar-refractivity contribution in [2.75, 3.05) is 44.7 Å². The minimum Gasteiger partial charge on any atom is -0.341 e. The van der Waals surface area contributed by atoms with Gasteiger partial charge in [-0.3, -0.25) is 0 Å². The third-order valence-electron chi connectivity index (χ3n) is 4.75. The van der Waals surface area contributed by atoms with Crippen LogP contribution in [-0.4, -0.2) is 60.7 Å². The van der Waals surface area contributed by atoms with Crippen LogP contribution < -0.4 is 10.2 Å². The number of rotatable bonds is 4. The molecule has 5 heteroatoms. The smallest absolute Gasteiger partial charge is 0.225 e. The maximum atomic E-state index is 4.34. The van der Waals surface area contributed by atoms with E-state index in [4.69, 9.17) is 0 Å². The van der Waals surface area contributed by atoms with Gasteiger partial charge in [-0.05, 0) is 57.8 Å². The summed E-state index contributed by atoms with van der Waals surface area (Å²) in [6, 6.07) is 2.54. The number of aromatic nitrogens is 2. The zero-order valence-corrected chi connectivity index (χ0v) is 13.0. The topological polar surface area (TPSA) is 44.3 Å². The highest BCUT2D eigenvalue weighted by molar-refractivity contribution is 5.29. The summed E-state index contributed by atoms with van der Waals surface area (Å²) >= 11 is 0. The molecule has 0 spiro atoms. The molecule has 2 fully saturated rings. The number of nitrogens with zero attached hydrogens (tertiary/aromatic N) is 4. The van der Waals surface area contributed by atoms with Gasteiger partial charge in [-0.1, -0.05) is 0 Å². The van der Waals surface area contributed by atoms with Crippen molar-refractivity contribution in [2.45, 2.75) is 31.7 Å². The van der Waals surface area contributed by atoms with Crippen molar-refractivity contribution in [3.05, 3.63) is 18.5 Å². The summed E-state index contributed by atoms with van der Waals surface area (Å²) in [6.07, 6.45) is 8.78. The van der Waals surface area contributed by atoms with Gasteiger partial charge in [0.25, 0.3) is 0 Å². The van der Waals surface area contributed by atoms with Crippen LogP contribution in [0.2, 0.25) is 0 Å². The quantitative estimate of drug-likeness (QED) is 0.907. The number of likely N-dealkylation sites (tertiary alicyclic amines) is 1. The van der Waals surface area contributed by atoms with Gasteiger partial charge < -0.3 is 15.1 Å². The average Bonchev–Trinajstić information content (AvgIpc) is 2.54. The van der Waals surface area contributed by atoms with Gasteiger partial charge in [0.05, 0.1) is 0 Å². The number of anilines is 1. The lowest BCUT2D eigenvalue weighted by Gasteiger charge is -2.35. The highest BCUT2D eigenvalue weighted by Crippen LogP contribution is 2.17. The Hall–Kier alpha value is -1.20. The predicted molar refractivity (Wildman–Crippen MR) is 85.5 cm³/mol. The van der Waals surface area contributed by atoms with Crippen molar-refractivity contribution in [3.63, 3.8) is 0 Å². The number of piperidine rings is 2. The van der Waals surface area contributed by atoms with E-state index in [0.717, 1.165) is 25.0 Å². The lowest BCUT2D eigenvalue weighted by atomic mass is 9.97. The first kappa shape index (κ1) is 14.7. The van der Waals surface area contributed by atoms with Gasteiger partial charge in [-0.25, -0.2) is 9.97 Å². The maximum Gasteiger partial charge on any atom is 0.225 e. The summed E-state index contributed by atoms with van der Waals surface area (Å²) in [5.41, 5.74) is 0. The monoisotopic (exact) mass is 289 g/mol. The maximum absolute atomic E-state index is 4.34. The molecule has 1 atom stereocenters. The summed E-state index contributed by atoms with van der Waals surface area (Å²) in [5.74, 6) is 1.71. The highest BCUT2D eigenvalue weighted by atomic mass is 15.3. The molecular weight excluding hydrogens is 262 g/mol. The normalized spacial score (nSPS) is 25.2. The molecule has 0 bridgehead atoms. The van der Waals surface area contributed by atoms with Gasteiger partial charge in [0.15, 0.2) is 0 Å². The van der Waals surface area contributed by atoms with Crippen LogP contribution in [0.1, 0.15) is 25.7 Å². The molecule has 3 heterocycles. The van der Waals surface area contributed by atoms with Gasteiger partial charge >= 0.3 is 0 Å². The predicted octanol–water partition coefficient (Wildman–Crippen LogP) is 1.38. The number of nitrogens with one attached hydrogen (secondary N) is 1. The van der Waals surface area contributed by atoms with Crippen LogP contribution in [0, 0.1) is 5.92 Å². The molecule has 0 amide bonds. The fourth-order valence-corrected chi connectivity index (χ4v) is 3.51. The molecule has 0 saturated carbocycles. The van der Waals surface area contributed by atoms with Crippen molar-refractivity contribution in [2.24, 2.45) is 5.92 Å². The van der Waals surface area contributed by atoms with Crippen LogP contribution in [0.3, 0.4) is 0 Å². The minimum atomic E-state index is 0.664. The van der Waals surface area contributed by atoms with Gasteiger partial charge in [-0.15, -0.1) is 0 Å². The summed E-state index contributed by atoms with van der Waals surface area (Å²) in [6.45, 7) is 5.82. The molecule has 5 nitrogen and oxygen atoms in total. The second kappa shape index (κ2) is 7.18. The minimum absolute atomic E-state index is 0.664.